The first-order valence-corrected chi connectivity index (χ1v) is 9.88. The van der Waals surface area contributed by atoms with E-state index in [9.17, 15) is 27.6 Å². The molecule has 3 aromatic rings. The van der Waals surface area contributed by atoms with Crippen LogP contribution in [-0.4, -0.2) is 53.8 Å². The van der Waals surface area contributed by atoms with Gasteiger partial charge in [-0.15, -0.1) is 0 Å². The lowest BCUT2D eigenvalue weighted by Gasteiger charge is -2.24. The lowest BCUT2D eigenvalue weighted by molar-refractivity contribution is -0.167. The molecule has 1 aromatic heterocycles. The van der Waals surface area contributed by atoms with E-state index in [-0.39, 0.29) is 18.7 Å². The summed E-state index contributed by atoms with van der Waals surface area (Å²) in [6.45, 7) is -2.93. The van der Waals surface area contributed by atoms with Gasteiger partial charge in [0, 0.05) is 23.6 Å². The number of aromatic nitrogens is 1. The smallest absolute Gasteiger partial charge is 0.406 e. The third kappa shape index (κ3) is 6.34. The third-order valence-corrected chi connectivity index (χ3v) is 4.79. The molecule has 0 fully saturated rings. The number of carbonyl (C=O) groups excluding carboxylic acids is 3. The first-order chi connectivity index (χ1) is 15.7. The second-order valence-corrected chi connectivity index (χ2v) is 7.19. The van der Waals surface area contributed by atoms with E-state index in [2.05, 4.69) is 0 Å². The van der Waals surface area contributed by atoms with E-state index < -0.39 is 37.2 Å². The van der Waals surface area contributed by atoms with Gasteiger partial charge in [0.2, 0.25) is 0 Å². The number of halogens is 3. The zero-order chi connectivity index (χ0) is 24.0. The molecule has 0 atom stereocenters. The molecule has 1 heterocycles. The van der Waals surface area contributed by atoms with Crippen LogP contribution in [0.3, 0.4) is 0 Å². The molecule has 0 saturated heterocycles. The fraction of sp³-hybridized carbons (Fsp3) is 0.261. The van der Waals surface area contributed by atoms with Crippen LogP contribution in [0.15, 0.2) is 60.8 Å². The average Bonchev–Trinajstić information content (AvgIpc) is 3.14. The Labute approximate surface area is 187 Å². The number of fused-ring (bicyclic) bond motifs is 1. The zero-order valence-electron chi connectivity index (χ0n) is 17.7. The van der Waals surface area contributed by atoms with E-state index in [4.69, 9.17) is 9.47 Å². The topological polar surface area (TPSA) is 77.8 Å². The maximum absolute atomic E-state index is 13.0. The second-order valence-electron chi connectivity index (χ2n) is 7.19. The highest BCUT2D eigenvalue weighted by Crippen LogP contribution is 2.22. The van der Waals surface area contributed by atoms with Crippen LogP contribution in [0.4, 0.5) is 13.2 Å². The summed E-state index contributed by atoms with van der Waals surface area (Å²) < 4.78 is 50.0. The number of ether oxygens (including phenoxy) is 2. The van der Waals surface area contributed by atoms with Gasteiger partial charge in [-0.1, -0.05) is 48.5 Å². The van der Waals surface area contributed by atoms with Crippen LogP contribution >= 0.6 is 0 Å². The molecule has 2 aromatic carbocycles. The quantitative estimate of drug-likeness (QED) is 0.479. The molecule has 0 spiro atoms. The number of methoxy groups -OCH3 is 1. The Kier molecular flexibility index (Phi) is 7.37. The van der Waals surface area contributed by atoms with E-state index in [0.717, 1.165) is 0 Å². The number of nitrogens with zero attached hydrogens (tertiary/aromatic N) is 2. The van der Waals surface area contributed by atoms with Crippen molar-refractivity contribution in [3.8, 4) is 0 Å². The summed E-state index contributed by atoms with van der Waals surface area (Å²) in [7, 11) is 1.23. The Morgan fingerprint density at radius 3 is 2.33 bits per heavy atom. The molecule has 0 aliphatic rings. The van der Waals surface area contributed by atoms with Crippen LogP contribution in [0.5, 0.6) is 0 Å². The number of para-hydroxylation sites is 1. The molecule has 0 N–H and O–H groups in total. The molecule has 33 heavy (non-hydrogen) atoms. The maximum atomic E-state index is 13.0. The fourth-order valence-electron chi connectivity index (χ4n) is 3.32. The molecule has 0 aliphatic carbocycles. The van der Waals surface area contributed by atoms with E-state index in [0.29, 0.717) is 21.4 Å². The van der Waals surface area contributed by atoms with E-state index in [1.807, 2.05) is 0 Å². The number of carbonyl (C=O) groups is 3. The van der Waals surface area contributed by atoms with Crippen molar-refractivity contribution in [1.29, 1.82) is 0 Å². The summed E-state index contributed by atoms with van der Waals surface area (Å²) in [6, 6.07) is 15.0. The van der Waals surface area contributed by atoms with Gasteiger partial charge < -0.3 is 18.9 Å². The van der Waals surface area contributed by atoms with Gasteiger partial charge in [0.25, 0.3) is 5.91 Å². The lowest BCUT2D eigenvalue weighted by atomic mass is 10.2. The highest BCUT2D eigenvalue weighted by atomic mass is 19.4. The molecule has 0 aliphatic heterocycles. The zero-order valence-corrected chi connectivity index (χ0v) is 17.7. The van der Waals surface area contributed by atoms with Gasteiger partial charge in [-0.3, -0.25) is 9.59 Å². The minimum atomic E-state index is -4.61. The van der Waals surface area contributed by atoms with Gasteiger partial charge in [-0.25, -0.2) is 4.79 Å². The van der Waals surface area contributed by atoms with Gasteiger partial charge in [-0.05, 0) is 11.6 Å². The van der Waals surface area contributed by atoms with Crippen molar-refractivity contribution in [1.82, 2.24) is 9.47 Å². The normalized spacial score (nSPS) is 11.3. The maximum Gasteiger partial charge on any atom is 0.406 e. The van der Waals surface area contributed by atoms with Crippen molar-refractivity contribution in [2.24, 2.45) is 0 Å². The van der Waals surface area contributed by atoms with Crippen LogP contribution < -0.4 is 0 Å². The minimum Gasteiger partial charge on any atom is -0.465 e. The largest absolute Gasteiger partial charge is 0.465 e. The number of benzene rings is 2. The highest BCUT2D eigenvalue weighted by molar-refractivity contribution is 6.04. The first kappa shape index (κ1) is 23.8. The lowest BCUT2D eigenvalue weighted by Crippen LogP contribution is -2.40. The summed E-state index contributed by atoms with van der Waals surface area (Å²) in [5.74, 6) is -2.40. The van der Waals surface area contributed by atoms with E-state index in [1.54, 1.807) is 54.6 Å². The van der Waals surface area contributed by atoms with Crippen molar-refractivity contribution >= 4 is 28.7 Å². The summed E-state index contributed by atoms with van der Waals surface area (Å²) >= 11 is 0. The Balaban J connectivity index is 1.67. The fourth-order valence-corrected chi connectivity index (χ4v) is 3.32. The molecule has 0 saturated carbocycles. The van der Waals surface area contributed by atoms with Crippen LogP contribution in [0, 0.1) is 0 Å². The van der Waals surface area contributed by atoms with Crippen LogP contribution in [-0.2, 0) is 32.2 Å². The Morgan fingerprint density at radius 1 is 1.00 bits per heavy atom. The molecular weight excluding hydrogens is 441 g/mol. The van der Waals surface area contributed by atoms with Gasteiger partial charge in [-0.2, -0.15) is 13.2 Å². The molecular formula is C23H21F3N2O5. The summed E-state index contributed by atoms with van der Waals surface area (Å²) in [5.41, 5.74) is 1.32. The second kappa shape index (κ2) is 10.2. The predicted octanol–water partition coefficient (Wildman–Crippen LogP) is 3.56. The van der Waals surface area contributed by atoms with Crippen LogP contribution in [0.25, 0.3) is 10.9 Å². The molecule has 3 rings (SSSR count). The standard InChI is InChI=1S/C23H21F3N2O5/c1-32-22(31)18-12-27(19-10-6-5-9-17(18)19)13-21(30)33-14-20(29)28(15-23(24,25)26)11-16-7-3-2-4-8-16/h2-10,12H,11,13-15H2,1H3. The summed E-state index contributed by atoms with van der Waals surface area (Å²) in [5, 5.41) is 0.562. The van der Waals surface area contributed by atoms with Gasteiger partial charge >= 0.3 is 18.1 Å². The SMILES string of the molecule is COC(=O)c1cn(CC(=O)OCC(=O)N(Cc2ccccc2)CC(F)(F)F)c2ccccc12. The number of esters is 2. The van der Waals surface area contributed by atoms with Gasteiger partial charge in [0.1, 0.15) is 13.1 Å². The molecule has 1 amide bonds. The number of rotatable bonds is 8. The van der Waals surface area contributed by atoms with Crippen molar-refractivity contribution < 1.29 is 37.0 Å². The molecule has 0 unspecified atom stereocenters. The Hall–Kier alpha value is -3.82. The number of amides is 1. The highest BCUT2D eigenvalue weighted by Gasteiger charge is 2.33. The molecule has 0 radical (unpaired) electrons. The van der Waals surface area contributed by atoms with Crippen molar-refractivity contribution in [3.63, 3.8) is 0 Å². The Morgan fingerprint density at radius 2 is 1.67 bits per heavy atom. The summed E-state index contributed by atoms with van der Waals surface area (Å²) in [4.78, 5) is 37.3. The van der Waals surface area contributed by atoms with Gasteiger partial charge in [0.05, 0.1) is 12.7 Å². The number of hydrogen-bond acceptors (Lipinski definition) is 5. The van der Waals surface area contributed by atoms with E-state index >= 15 is 0 Å². The number of alkyl halides is 3. The minimum absolute atomic E-state index is 0.246. The predicted molar refractivity (Wildman–Crippen MR) is 112 cm³/mol. The van der Waals surface area contributed by atoms with Crippen molar-refractivity contribution in [2.45, 2.75) is 19.3 Å². The van der Waals surface area contributed by atoms with Crippen LogP contribution in [0.2, 0.25) is 0 Å². The van der Waals surface area contributed by atoms with Crippen LogP contribution in [0.1, 0.15) is 15.9 Å². The molecule has 0 bridgehead atoms. The molecule has 10 heteroatoms. The monoisotopic (exact) mass is 462 g/mol. The summed E-state index contributed by atoms with van der Waals surface area (Å²) in [6.07, 6.45) is -3.19. The average molecular weight is 462 g/mol. The van der Waals surface area contributed by atoms with Crippen molar-refractivity contribution in [3.05, 3.63) is 71.9 Å². The van der Waals surface area contributed by atoms with Gasteiger partial charge in [0.15, 0.2) is 6.61 Å². The molecule has 174 valence electrons. The third-order valence-electron chi connectivity index (χ3n) is 4.79. The number of hydrogen-bond donors (Lipinski definition) is 0. The Bertz CT molecular complexity index is 1140. The van der Waals surface area contributed by atoms with E-state index in [1.165, 1.54) is 17.9 Å². The molecule has 7 nitrogen and oxygen atoms in total. The van der Waals surface area contributed by atoms with Crippen molar-refractivity contribution in [2.75, 3.05) is 20.3 Å². The first-order valence-electron chi connectivity index (χ1n) is 9.88.